The number of methoxy groups -OCH3 is 1. The van der Waals surface area contributed by atoms with E-state index in [0.717, 1.165) is 6.42 Å². The molecule has 1 aromatic rings. The highest BCUT2D eigenvalue weighted by molar-refractivity contribution is 7.89. The molecule has 1 aliphatic heterocycles. The average Bonchev–Trinajstić information content (AvgIpc) is 2.36. The monoisotopic (exact) mass is 318 g/mol. The number of benzene rings is 1. The largest absolute Gasteiger partial charge is 0.495 e. The van der Waals surface area contributed by atoms with Crippen LogP contribution in [0.4, 0.5) is 0 Å². The third kappa shape index (κ3) is 2.93. The molecule has 0 radical (unpaired) electrons. The van der Waals surface area contributed by atoms with Crippen molar-refractivity contribution >= 4 is 21.6 Å². The van der Waals surface area contributed by atoms with Gasteiger partial charge in [0.2, 0.25) is 10.0 Å². The van der Waals surface area contributed by atoms with Crippen LogP contribution in [0.15, 0.2) is 23.1 Å². The summed E-state index contributed by atoms with van der Waals surface area (Å²) in [7, 11) is -2.02. The molecule has 0 spiro atoms. The van der Waals surface area contributed by atoms with E-state index in [1.54, 1.807) is 10.4 Å². The summed E-state index contributed by atoms with van der Waals surface area (Å²) in [6.45, 7) is 3.88. The third-order valence-electron chi connectivity index (χ3n) is 3.34. The predicted octanol–water partition coefficient (Wildman–Crippen LogP) is 1.72. The van der Waals surface area contributed by atoms with Crippen molar-refractivity contribution in [3.63, 3.8) is 0 Å². The van der Waals surface area contributed by atoms with E-state index in [2.05, 4.69) is 5.32 Å². The van der Waals surface area contributed by atoms with E-state index < -0.39 is 10.0 Å². The summed E-state index contributed by atoms with van der Waals surface area (Å²) in [5, 5.41) is 3.40. The maximum Gasteiger partial charge on any atom is 0.243 e. The van der Waals surface area contributed by atoms with Gasteiger partial charge >= 0.3 is 0 Å². The molecule has 1 saturated heterocycles. The van der Waals surface area contributed by atoms with Gasteiger partial charge in [0.25, 0.3) is 0 Å². The average molecular weight is 319 g/mol. The second-order valence-corrected chi connectivity index (χ2v) is 7.02. The molecule has 0 unspecified atom stereocenters. The minimum Gasteiger partial charge on any atom is -0.495 e. The number of halogens is 1. The molecule has 0 aliphatic carbocycles. The van der Waals surface area contributed by atoms with Crippen LogP contribution in [0.5, 0.6) is 5.75 Å². The smallest absolute Gasteiger partial charge is 0.243 e. The Labute approximate surface area is 124 Å². The van der Waals surface area contributed by atoms with Crippen molar-refractivity contribution in [2.24, 2.45) is 0 Å². The summed E-state index contributed by atoms with van der Waals surface area (Å²) in [4.78, 5) is 0.212. The minimum atomic E-state index is -3.52. The first-order valence-corrected chi connectivity index (χ1v) is 8.38. The van der Waals surface area contributed by atoms with Crippen LogP contribution in [-0.2, 0) is 10.0 Å². The summed E-state index contributed by atoms with van der Waals surface area (Å²) >= 11 is 6.02. The fraction of sp³-hybridized carbons (Fsp3) is 0.538. The highest BCUT2D eigenvalue weighted by Gasteiger charge is 2.34. The lowest BCUT2D eigenvalue weighted by Crippen LogP contribution is -2.58. The van der Waals surface area contributed by atoms with E-state index in [1.807, 2.05) is 6.92 Å². The number of hydrogen-bond acceptors (Lipinski definition) is 4. The molecule has 0 aromatic heterocycles. The first-order valence-electron chi connectivity index (χ1n) is 6.56. The Morgan fingerprint density at radius 3 is 2.60 bits per heavy atom. The quantitative estimate of drug-likeness (QED) is 0.867. The highest BCUT2D eigenvalue weighted by Crippen LogP contribution is 2.29. The maximum absolute atomic E-state index is 12.7. The second kappa shape index (κ2) is 6.30. The zero-order valence-corrected chi connectivity index (χ0v) is 13.2. The molecule has 0 saturated carbocycles. The highest BCUT2D eigenvalue weighted by atomic mass is 35.5. The van der Waals surface area contributed by atoms with Crippen LogP contribution in [0.3, 0.4) is 0 Å². The minimum absolute atomic E-state index is 0.0285. The molecule has 112 valence electrons. The molecule has 20 heavy (non-hydrogen) atoms. The van der Waals surface area contributed by atoms with Crippen molar-refractivity contribution in [3.8, 4) is 5.75 Å². The SMILES string of the molecule is CCCN(C1CNC1)S(=O)(=O)c1ccc(OC)c(Cl)c1. The van der Waals surface area contributed by atoms with Crippen molar-refractivity contribution in [3.05, 3.63) is 23.2 Å². The van der Waals surface area contributed by atoms with E-state index in [9.17, 15) is 8.42 Å². The van der Waals surface area contributed by atoms with E-state index in [0.29, 0.717) is 30.4 Å². The molecule has 1 fully saturated rings. The van der Waals surface area contributed by atoms with Crippen molar-refractivity contribution in [2.75, 3.05) is 26.7 Å². The van der Waals surface area contributed by atoms with Gasteiger partial charge in [-0.05, 0) is 24.6 Å². The Balaban J connectivity index is 2.34. The number of rotatable bonds is 6. The van der Waals surface area contributed by atoms with Gasteiger partial charge in [0.1, 0.15) is 5.75 Å². The Morgan fingerprint density at radius 2 is 2.15 bits per heavy atom. The van der Waals surface area contributed by atoms with Crippen molar-refractivity contribution in [1.29, 1.82) is 0 Å². The number of ether oxygens (including phenoxy) is 1. The van der Waals surface area contributed by atoms with Gasteiger partial charge in [-0.15, -0.1) is 0 Å². The van der Waals surface area contributed by atoms with Crippen LogP contribution in [-0.4, -0.2) is 45.5 Å². The topological polar surface area (TPSA) is 58.6 Å². The number of sulfonamides is 1. The first-order chi connectivity index (χ1) is 9.50. The molecule has 7 heteroatoms. The van der Waals surface area contributed by atoms with E-state index >= 15 is 0 Å². The van der Waals surface area contributed by atoms with Gasteiger partial charge in [0, 0.05) is 19.6 Å². The van der Waals surface area contributed by atoms with Crippen molar-refractivity contribution in [2.45, 2.75) is 24.3 Å². The standard InChI is InChI=1S/C13H19ClN2O3S/c1-3-6-16(10-8-15-9-10)20(17,18)11-4-5-13(19-2)12(14)7-11/h4-5,7,10,15H,3,6,8-9H2,1-2H3. The second-order valence-electron chi connectivity index (χ2n) is 4.72. The maximum atomic E-state index is 12.7. The van der Waals surface area contributed by atoms with E-state index in [4.69, 9.17) is 16.3 Å². The molecular formula is C13H19ClN2O3S. The molecule has 1 aliphatic rings. The summed E-state index contributed by atoms with van der Waals surface area (Å²) in [6, 6.07) is 4.60. The summed E-state index contributed by atoms with van der Waals surface area (Å²) in [6.07, 6.45) is 0.777. The molecule has 0 amide bonds. The fourth-order valence-electron chi connectivity index (χ4n) is 2.14. The zero-order valence-electron chi connectivity index (χ0n) is 11.6. The number of hydrogen-bond donors (Lipinski definition) is 1. The molecule has 1 aromatic carbocycles. The zero-order chi connectivity index (χ0) is 14.8. The number of nitrogens with zero attached hydrogens (tertiary/aromatic N) is 1. The molecule has 0 atom stereocenters. The van der Waals surface area contributed by atoms with Gasteiger partial charge in [-0.2, -0.15) is 4.31 Å². The Hall–Kier alpha value is -0.820. The summed E-state index contributed by atoms with van der Waals surface area (Å²) in [5.74, 6) is 0.470. The van der Waals surface area contributed by atoms with Crippen molar-refractivity contribution in [1.82, 2.24) is 9.62 Å². The Kier molecular flexibility index (Phi) is 4.90. The first kappa shape index (κ1) is 15.6. The molecule has 5 nitrogen and oxygen atoms in total. The molecule has 1 heterocycles. The predicted molar refractivity (Wildman–Crippen MR) is 78.8 cm³/mol. The van der Waals surface area contributed by atoms with Gasteiger partial charge in [0.05, 0.1) is 23.1 Å². The van der Waals surface area contributed by atoms with Gasteiger partial charge in [-0.3, -0.25) is 0 Å². The van der Waals surface area contributed by atoms with E-state index in [-0.39, 0.29) is 10.9 Å². The lowest BCUT2D eigenvalue weighted by molar-refractivity contribution is 0.242. The van der Waals surface area contributed by atoms with Crippen LogP contribution in [0.2, 0.25) is 5.02 Å². The van der Waals surface area contributed by atoms with Gasteiger partial charge in [0.15, 0.2) is 0 Å². The van der Waals surface area contributed by atoms with Gasteiger partial charge in [-0.25, -0.2) is 8.42 Å². The normalized spacial score (nSPS) is 16.2. The third-order valence-corrected chi connectivity index (χ3v) is 5.58. The van der Waals surface area contributed by atoms with Gasteiger partial charge in [-0.1, -0.05) is 18.5 Å². The molecule has 1 N–H and O–H groups in total. The number of nitrogens with one attached hydrogen (secondary N) is 1. The molecule has 2 rings (SSSR count). The fourth-order valence-corrected chi connectivity index (χ4v) is 4.20. The van der Waals surface area contributed by atoms with Gasteiger partial charge < -0.3 is 10.1 Å². The lowest BCUT2D eigenvalue weighted by atomic mass is 10.2. The summed E-state index contributed by atoms with van der Waals surface area (Å²) in [5.41, 5.74) is 0. The Morgan fingerprint density at radius 1 is 1.45 bits per heavy atom. The molecular weight excluding hydrogens is 300 g/mol. The van der Waals surface area contributed by atoms with Crippen LogP contribution in [0.1, 0.15) is 13.3 Å². The summed E-state index contributed by atoms with van der Waals surface area (Å²) < 4.78 is 32.0. The van der Waals surface area contributed by atoms with Crippen molar-refractivity contribution < 1.29 is 13.2 Å². The Bertz CT molecular complexity index is 573. The van der Waals surface area contributed by atoms with E-state index in [1.165, 1.54) is 19.2 Å². The van der Waals surface area contributed by atoms with Crippen LogP contribution in [0, 0.1) is 0 Å². The molecule has 0 bridgehead atoms. The van der Waals surface area contributed by atoms with Crippen LogP contribution >= 0.6 is 11.6 Å². The van der Waals surface area contributed by atoms with Crippen LogP contribution in [0.25, 0.3) is 0 Å². The lowest BCUT2D eigenvalue weighted by Gasteiger charge is -2.37. The van der Waals surface area contributed by atoms with Crippen LogP contribution < -0.4 is 10.1 Å².